The smallest absolute Gasteiger partial charge is 0.160 e. The molecule has 0 heterocycles. The number of rotatable bonds is 2. The Morgan fingerprint density at radius 1 is 0.920 bits per heavy atom. The third kappa shape index (κ3) is 6.96. The van der Waals surface area contributed by atoms with Crippen LogP contribution in [0.4, 0.5) is 0 Å². The number of allylic oxidation sites excluding steroid dienone is 1. The average Bonchev–Trinajstić information content (AvgIpc) is 2.60. The predicted octanol–water partition coefficient (Wildman–Crippen LogP) is 6.75. The normalized spacial score (nSPS) is 10.2. The minimum Gasteiger partial charge on any atom is -0.508 e. The van der Waals surface area contributed by atoms with Gasteiger partial charge < -0.3 is 5.11 Å². The quantitative estimate of drug-likeness (QED) is 0.484. The lowest BCUT2D eigenvalue weighted by molar-refractivity contribution is 0.101. The van der Waals surface area contributed by atoms with Gasteiger partial charge in [0.05, 0.1) is 0 Å². The highest BCUT2D eigenvalue weighted by Crippen LogP contribution is 2.21. The fourth-order valence-electron chi connectivity index (χ4n) is 2.34. The zero-order chi connectivity index (χ0) is 19.6. The van der Waals surface area contributed by atoms with Gasteiger partial charge in [-0.1, -0.05) is 55.8 Å². The summed E-state index contributed by atoms with van der Waals surface area (Å²) in [5.74, 6) is 0.130. The summed E-state index contributed by atoms with van der Waals surface area (Å²) in [7, 11) is 0. The molecule has 0 radical (unpaired) electrons. The highest BCUT2D eigenvalue weighted by molar-refractivity contribution is 5.98. The fraction of sp³-hybridized carbons (Fsp3) is 0.348. The van der Waals surface area contributed by atoms with Crippen LogP contribution in [0.2, 0.25) is 0 Å². The Balaban J connectivity index is 0.000000451. The van der Waals surface area contributed by atoms with Crippen LogP contribution in [0.3, 0.4) is 0 Å². The van der Waals surface area contributed by atoms with E-state index in [1.165, 1.54) is 23.6 Å². The lowest BCUT2D eigenvalue weighted by Crippen LogP contribution is -2.01. The van der Waals surface area contributed by atoms with E-state index < -0.39 is 0 Å². The molecule has 0 aliphatic rings. The third-order valence-corrected chi connectivity index (χ3v) is 3.84. The van der Waals surface area contributed by atoms with Crippen LogP contribution in [0.25, 0.3) is 5.76 Å². The summed E-state index contributed by atoms with van der Waals surface area (Å²) in [6.07, 6.45) is 1.59. The van der Waals surface area contributed by atoms with Crippen LogP contribution in [0.5, 0.6) is 0 Å². The van der Waals surface area contributed by atoms with Crippen molar-refractivity contribution < 1.29 is 9.90 Å². The highest BCUT2D eigenvalue weighted by Gasteiger charge is 2.11. The Bertz CT molecular complexity index is 725. The summed E-state index contributed by atoms with van der Waals surface area (Å²) in [4.78, 5) is 11.3. The Morgan fingerprint density at radius 3 is 1.96 bits per heavy atom. The summed E-state index contributed by atoms with van der Waals surface area (Å²) in [6.45, 7) is 15.5. The van der Waals surface area contributed by atoms with Gasteiger partial charge in [-0.2, -0.15) is 0 Å². The van der Waals surface area contributed by atoms with E-state index in [1.807, 2.05) is 32.9 Å². The van der Waals surface area contributed by atoms with Crippen molar-refractivity contribution in [3.8, 4) is 0 Å². The van der Waals surface area contributed by atoms with Gasteiger partial charge in [-0.15, -0.1) is 0 Å². The van der Waals surface area contributed by atoms with Crippen LogP contribution in [-0.2, 0) is 0 Å². The molecule has 0 unspecified atom stereocenters. The molecule has 25 heavy (non-hydrogen) atoms. The van der Waals surface area contributed by atoms with Gasteiger partial charge in [0.1, 0.15) is 5.76 Å². The number of aliphatic hydroxyl groups is 1. The second kappa shape index (κ2) is 11.2. The maximum atomic E-state index is 11.3. The lowest BCUT2D eigenvalue weighted by Gasteiger charge is -2.09. The van der Waals surface area contributed by atoms with E-state index in [0.29, 0.717) is 11.1 Å². The molecule has 0 saturated carbocycles. The first-order chi connectivity index (χ1) is 11.8. The second-order valence-corrected chi connectivity index (χ2v) is 5.82. The zero-order valence-electron chi connectivity index (χ0n) is 16.9. The van der Waals surface area contributed by atoms with Gasteiger partial charge >= 0.3 is 0 Å². The van der Waals surface area contributed by atoms with E-state index >= 15 is 0 Å². The standard InChI is InChI=1S/C12H14O2.C9H12.C2H6/c1-4-11(14)12-8(2)6-5-7-10(12)9(3)13;1-7-4-5-8(2)9(3)6-7;1-2/h4-7,14H,1-3H3;4-6H,1-3H3;1-2H3/b11-4+;;. The Hall–Kier alpha value is -2.35. The van der Waals surface area contributed by atoms with Crippen LogP contribution in [0, 0.1) is 27.7 Å². The summed E-state index contributed by atoms with van der Waals surface area (Å²) < 4.78 is 0. The summed E-state index contributed by atoms with van der Waals surface area (Å²) >= 11 is 0. The molecule has 136 valence electrons. The number of benzene rings is 2. The van der Waals surface area contributed by atoms with Gasteiger partial charge in [-0.05, 0) is 64.3 Å². The van der Waals surface area contributed by atoms with E-state index in [0.717, 1.165) is 5.56 Å². The summed E-state index contributed by atoms with van der Waals surface area (Å²) in [6, 6.07) is 11.9. The van der Waals surface area contributed by atoms with Crippen molar-refractivity contribution in [3.63, 3.8) is 0 Å². The number of hydrogen-bond acceptors (Lipinski definition) is 2. The van der Waals surface area contributed by atoms with Gasteiger partial charge in [0, 0.05) is 11.1 Å². The zero-order valence-corrected chi connectivity index (χ0v) is 16.9. The van der Waals surface area contributed by atoms with Crippen LogP contribution in [-0.4, -0.2) is 10.9 Å². The highest BCUT2D eigenvalue weighted by atomic mass is 16.3. The van der Waals surface area contributed by atoms with E-state index in [9.17, 15) is 9.90 Å². The number of hydrogen-bond donors (Lipinski definition) is 1. The Morgan fingerprint density at radius 2 is 1.52 bits per heavy atom. The van der Waals surface area contributed by atoms with Gasteiger partial charge in [0.25, 0.3) is 0 Å². The molecule has 0 aliphatic carbocycles. The minimum atomic E-state index is -0.0305. The summed E-state index contributed by atoms with van der Waals surface area (Å²) in [5.41, 5.74) is 6.23. The van der Waals surface area contributed by atoms with E-state index in [-0.39, 0.29) is 11.5 Å². The van der Waals surface area contributed by atoms with E-state index in [4.69, 9.17) is 0 Å². The predicted molar refractivity (Wildman–Crippen MR) is 109 cm³/mol. The van der Waals surface area contributed by atoms with Gasteiger partial charge in [-0.3, -0.25) is 4.79 Å². The number of ketones is 1. The topological polar surface area (TPSA) is 37.3 Å². The molecule has 0 amide bonds. The molecule has 0 saturated heterocycles. The molecule has 0 bridgehead atoms. The largest absolute Gasteiger partial charge is 0.508 e. The first-order valence-electron chi connectivity index (χ1n) is 8.78. The van der Waals surface area contributed by atoms with Crippen LogP contribution in [0.15, 0.2) is 42.5 Å². The minimum absolute atomic E-state index is 0.0305. The van der Waals surface area contributed by atoms with E-state index in [2.05, 4.69) is 39.0 Å². The molecular weight excluding hydrogens is 308 g/mol. The molecule has 2 rings (SSSR count). The first-order valence-corrected chi connectivity index (χ1v) is 8.78. The van der Waals surface area contributed by atoms with Gasteiger partial charge in [0.2, 0.25) is 0 Å². The molecule has 2 nitrogen and oxygen atoms in total. The fourth-order valence-corrected chi connectivity index (χ4v) is 2.34. The maximum Gasteiger partial charge on any atom is 0.160 e. The van der Waals surface area contributed by atoms with Crippen molar-refractivity contribution in [2.75, 3.05) is 0 Å². The molecule has 0 aliphatic heterocycles. The van der Waals surface area contributed by atoms with Gasteiger partial charge in [0.15, 0.2) is 5.78 Å². The van der Waals surface area contributed by atoms with Crippen molar-refractivity contribution in [3.05, 3.63) is 75.9 Å². The Labute approximate surface area is 153 Å². The molecule has 0 aromatic heterocycles. The first kappa shape index (κ1) is 22.6. The molecule has 1 N–H and O–H groups in total. The van der Waals surface area contributed by atoms with Gasteiger partial charge in [-0.25, -0.2) is 0 Å². The van der Waals surface area contributed by atoms with Crippen LogP contribution >= 0.6 is 0 Å². The van der Waals surface area contributed by atoms with Crippen molar-refractivity contribution in [2.45, 2.75) is 55.4 Å². The SMILES string of the molecule is C/C=C(/O)c1c(C)cccc1C(C)=O.CC.Cc1ccc(C)c(C)c1. The third-order valence-electron chi connectivity index (χ3n) is 3.84. The number of carbonyl (C=O) groups excluding carboxylic acids is 1. The molecule has 2 heteroatoms. The molecule has 2 aromatic carbocycles. The van der Waals surface area contributed by atoms with Crippen LogP contribution in [0.1, 0.15) is 65.9 Å². The number of carbonyl (C=O) groups is 1. The molecule has 0 fully saturated rings. The van der Waals surface area contributed by atoms with E-state index in [1.54, 1.807) is 19.1 Å². The van der Waals surface area contributed by atoms with Crippen molar-refractivity contribution >= 4 is 11.5 Å². The maximum absolute atomic E-state index is 11.3. The van der Waals surface area contributed by atoms with Crippen LogP contribution < -0.4 is 0 Å². The van der Waals surface area contributed by atoms with Crippen molar-refractivity contribution in [2.24, 2.45) is 0 Å². The monoisotopic (exact) mass is 340 g/mol. The van der Waals surface area contributed by atoms with Crippen molar-refractivity contribution in [1.29, 1.82) is 0 Å². The average molecular weight is 341 g/mol. The Kier molecular flexibility index (Phi) is 10.2. The summed E-state index contributed by atoms with van der Waals surface area (Å²) in [5, 5.41) is 9.65. The number of aryl methyl sites for hydroxylation is 4. The second-order valence-electron chi connectivity index (χ2n) is 5.82. The molecule has 0 atom stereocenters. The number of Topliss-reactive ketones (excluding diaryl/α,β-unsaturated/α-hetero) is 1. The molecular formula is C23H32O2. The van der Waals surface area contributed by atoms with Crippen molar-refractivity contribution in [1.82, 2.24) is 0 Å². The molecule has 0 spiro atoms. The molecule has 2 aromatic rings. The number of aliphatic hydroxyl groups excluding tert-OH is 1. The lowest BCUT2D eigenvalue weighted by atomic mass is 9.98.